The molecule has 0 saturated carbocycles. The summed E-state index contributed by atoms with van der Waals surface area (Å²) >= 11 is 6.11. The Morgan fingerprint density at radius 3 is 2.42 bits per heavy atom. The highest BCUT2D eigenvalue weighted by atomic mass is 35.5. The number of halogens is 1. The molecule has 0 radical (unpaired) electrons. The quantitative estimate of drug-likeness (QED) is 0.765. The molecule has 19 heavy (non-hydrogen) atoms. The molecule has 0 unspecified atom stereocenters. The molecule has 0 amide bonds. The molecule has 0 atom stereocenters. The number of nitrogens with zero attached hydrogens (tertiary/aromatic N) is 2. The Labute approximate surface area is 118 Å². The highest BCUT2D eigenvalue weighted by molar-refractivity contribution is 6.30. The molecule has 0 aliphatic rings. The molecular weight excluding hydrogens is 260 g/mol. The van der Waals surface area contributed by atoms with Crippen molar-refractivity contribution in [1.82, 2.24) is 9.97 Å². The molecule has 0 aliphatic heterocycles. The molecule has 1 aromatic heterocycles. The monoisotopic (exact) mass is 276 g/mol. The minimum Gasteiger partial charge on any atom is -0.439 e. The molecule has 0 aliphatic carbocycles. The van der Waals surface area contributed by atoms with Crippen LogP contribution >= 0.6 is 11.6 Å². The van der Waals surface area contributed by atoms with Crippen molar-refractivity contribution in [2.24, 2.45) is 0 Å². The van der Waals surface area contributed by atoms with Crippen LogP contribution in [0.3, 0.4) is 0 Å². The highest BCUT2D eigenvalue weighted by Crippen LogP contribution is 2.32. The maximum atomic E-state index is 6.11. The highest BCUT2D eigenvalue weighted by Gasteiger charge is 2.15. The molecule has 3 nitrogen and oxygen atoms in total. The smallest absolute Gasteiger partial charge is 0.227 e. The topological polar surface area (TPSA) is 35.0 Å². The third-order valence-corrected chi connectivity index (χ3v) is 3.22. The summed E-state index contributed by atoms with van der Waals surface area (Å²) in [5.41, 5.74) is 2.11. The second-order valence-corrected chi connectivity index (χ2v) is 5.00. The Bertz CT molecular complexity index is 553. The van der Waals surface area contributed by atoms with Gasteiger partial charge >= 0.3 is 0 Å². The van der Waals surface area contributed by atoms with Crippen LogP contribution in [0.5, 0.6) is 11.6 Å². The molecule has 0 fully saturated rings. The summed E-state index contributed by atoms with van der Waals surface area (Å²) in [7, 11) is 0. The summed E-state index contributed by atoms with van der Waals surface area (Å²) in [5.74, 6) is 1.49. The third kappa shape index (κ3) is 3.24. The number of aromatic nitrogens is 2. The van der Waals surface area contributed by atoms with Gasteiger partial charge in [0.05, 0.1) is 5.56 Å². The van der Waals surface area contributed by atoms with E-state index in [0.29, 0.717) is 11.0 Å². The summed E-state index contributed by atoms with van der Waals surface area (Å²) in [5, 5.41) is 0.449. The second kappa shape index (κ2) is 6.02. The summed E-state index contributed by atoms with van der Waals surface area (Å²) in [4.78, 5) is 8.19. The van der Waals surface area contributed by atoms with Crippen molar-refractivity contribution >= 4 is 11.6 Å². The van der Waals surface area contributed by atoms with Crippen molar-refractivity contribution in [3.8, 4) is 11.6 Å². The van der Waals surface area contributed by atoms with Crippen molar-refractivity contribution < 1.29 is 4.74 Å². The van der Waals surface area contributed by atoms with Crippen molar-refractivity contribution in [2.45, 2.75) is 33.1 Å². The lowest BCUT2D eigenvalue weighted by molar-refractivity contribution is 0.451. The normalized spacial score (nSPS) is 10.8. The van der Waals surface area contributed by atoms with Crippen molar-refractivity contribution in [2.75, 3.05) is 0 Å². The Kier molecular flexibility index (Phi) is 4.38. The van der Waals surface area contributed by atoms with Crippen LogP contribution in [0.4, 0.5) is 0 Å². The van der Waals surface area contributed by atoms with E-state index >= 15 is 0 Å². The SMILES string of the molecule is CCc1ccc(Oc2ncnc(Cl)c2C(C)C)cc1. The Morgan fingerprint density at radius 2 is 1.84 bits per heavy atom. The van der Waals surface area contributed by atoms with Gasteiger partial charge in [-0.05, 0) is 30.0 Å². The first-order valence-corrected chi connectivity index (χ1v) is 6.76. The van der Waals surface area contributed by atoms with Gasteiger partial charge in [0, 0.05) is 0 Å². The van der Waals surface area contributed by atoms with E-state index in [4.69, 9.17) is 16.3 Å². The summed E-state index contributed by atoms with van der Waals surface area (Å²) in [6.45, 7) is 6.20. The first-order valence-electron chi connectivity index (χ1n) is 6.39. The van der Waals surface area contributed by atoms with Crippen LogP contribution < -0.4 is 4.74 Å². The van der Waals surface area contributed by atoms with E-state index in [2.05, 4.69) is 16.9 Å². The molecule has 0 spiro atoms. The van der Waals surface area contributed by atoms with Crippen LogP contribution in [0.1, 0.15) is 37.8 Å². The van der Waals surface area contributed by atoms with Gasteiger partial charge < -0.3 is 4.74 Å². The first kappa shape index (κ1) is 13.8. The van der Waals surface area contributed by atoms with E-state index < -0.39 is 0 Å². The Balaban J connectivity index is 2.29. The van der Waals surface area contributed by atoms with Gasteiger partial charge in [-0.15, -0.1) is 0 Å². The van der Waals surface area contributed by atoms with Crippen molar-refractivity contribution in [3.63, 3.8) is 0 Å². The van der Waals surface area contributed by atoms with E-state index in [1.54, 1.807) is 0 Å². The number of ether oxygens (including phenoxy) is 1. The fourth-order valence-electron chi connectivity index (χ4n) is 1.83. The number of aryl methyl sites for hydroxylation is 1. The van der Waals surface area contributed by atoms with Gasteiger partial charge in [-0.25, -0.2) is 9.97 Å². The largest absolute Gasteiger partial charge is 0.439 e. The maximum Gasteiger partial charge on any atom is 0.227 e. The van der Waals surface area contributed by atoms with Crippen LogP contribution in [-0.4, -0.2) is 9.97 Å². The van der Waals surface area contributed by atoms with Crippen molar-refractivity contribution in [1.29, 1.82) is 0 Å². The number of rotatable bonds is 4. The van der Waals surface area contributed by atoms with Crippen LogP contribution in [-0.2, 0) is 6.42 Å². The van der Waals surface area contributed by atoms with Crippen molar-refractivity contribution in [3.05, 3.63) is 46.9 Å². The standard InChI is InChI=1S/C15H17ClN2O/c1-4-11-5-7-12(8-6-11)19-15-13(10(2)3)14(16)17-9-18-15/h5-10H,4H2,1-3H3. The van der Waals surface area contributed by atoms with Gasteiger partial charge in [0.1, 0.15) is 17.2 Å². The molecule has 1 heterocycles. The average molecular weight is 277 g/mol. The zero-order valence-corrected chi connectivity index (χ0v) is 12.1. The first-order chi connectivity index (χ1) is 9.11. The summed E-state index contributed by atoms with van der Waals surface area (Å²) < 4.78 is 5.82. The second-order valence-electron chi connectivity index (χ2n) is 4.64. The Hall–Kier alpha value is -1.61. The van der Waals surface area contributed by atoms with Crippen LogP contribution in [0.2, 0.25) is 5.15 Å². The number of hydrogen-bond acceptors (Lipinski definition) is 3. The average Bonchev–Trinajstić information content (AvgIpc) is 2.39. The van der Waals surface area contributed by atoms with Gasteiger partial charge in [0.15, 0.2) is 0 Å². The van der Waals surface area contributed by atoms with E-state index in [-0.39, 0.29) is 5.92 Å². The fraction of sp³-hybridized carbons (Fsp3) is 0.333. The fourth-order valence-corrected chi connectivity index (χ4v) is 2.17. The van der Waals surface area contributed by atoms with Gasteiger partial charge in [-0.3, -0.25) is 0 Å². The summed E-state index contributed by atoms with van der Waals surface area (Å²) in [6.07, 6.45) is 2.43. The number of hydrogen-bond donors (Lipinski definition) is 0. The molecule has 2 aromatic rings. The van der Waals surface area contributed by atoms with Crippen LogP contribution in [0.25, 0.3) is 0 Å². The van der Waals surface area contributed by atoms with Gasteiger partial charge in [0.2, 0.25) is 5.88 Å². The van der Waals surface area contributed by atoms with Crippen LogP contribution in [0.15, 0.2) is 30.6 Å². The van der Waals surface area contributed by atoms with Gasteiger partial charge in [0.25, 0.3) is 0 Å². The predicted octanol–water partition coefficient (Wildman–Crippen LogP) is 4.61. The van der Waals surface area contributed by atoms with Crippen LogP contribution in [0, 0.1) is 0 Å². The molecule has 4 heteroatoms. The molecular formula is C15H17ClN2O. The Morgan fingerprint density at radius 1 is 1.16 bits per heavy atom. The predicted molar refractivity (Wildman–Crippen MR) is 77.0 cm³/mol. The third-order valence-electron chi connectivity index (χ3n) is 2.92. The molecule has 2 rings (SSSR count). The van der Waals surface area contributed by atoms with Gasteiger partial charge in [-0.2, -0.15) is 0 Å². The molecule has 1 aromatic carbocycles. The lowest BCUT2D eigenvalue weighted by Gasteiger charge is -2.13. The molecule has 0 N–H and O–H groups in total. The van der Waals surface area contributed by atoms with E-state index in [0.717, 1.165) is 17.7 Å². The zero-order valence-electron chi connectivity index (χ0n) is 11.4. The lowest BCUT2D eigenvalue weighted by Crippen LogP contribution is -1.99. The zero-order chi connectivity index (χ0) is 13.8. The molecule has 0 saturated heterocycles. The lowest BCUT2D eigenvalue weighted by atomic mass is 10.1. The van der Waals surface area contributed by atoms with E-state index in [1.165, 1.54) is 11.9 Å². The molecule has 0 bridgehead atoms. The van der Waals surface area contributed by atoms with E-state index in [1.807, 2.05) is 38.1 Å². The summed E-state index contributed by atoms with van der Waals surface area (Å²) in [6, 6.07) is 7.98. The number of benzene rings is 1. The van der Waals surface area contributed by atoms with Gasteiger partial charge in [-0.1, -0.05) is 44.5 Å². The maximum absolute atomic E-state index is 6.11. The minimum absolute atomic E-state index is 0.207. The minimum atomic E-state index is 0.207. The molecule has 100 valence electrons. The van der Waals surface area contributed by atoms with E-state index in [9.17, 15) is 0 Å².